The lowest BCUT2D eigenvalue weighted by Gasteiger charge is -2.27. The summed E-state index contributed by atoms with van der Waals surface area (Å²) in [5.41, 5.74) is 1.72. The smallest absolute Gasteiger partial charge is 0.216 e. The quantitative estimate of drug-likeness (QED) is 0.842. The standard InChI is InChI=1S/C20H27N3O2S/c24-26(25,17-18-10-5-4-6-11-18)22-16-19-12-9-13-21-20(19)23-14-7-2-1-3-8-15-23/h4-6,9-13,22H,1-3,7-8,14-17H2. The Morgan fingerprint density at radius 3 is 2.35 bits per heavy atom. The van der Waals surface area contributed by atoms with Crippen LogP contribution in [0.2, 0.25) is 0 Å². The van der Waals surface area contributed by atoms with Crippen LogP contribution in [0.4, 0.5) is 5.82 Å². The highest BCUT2D eigenvalue weighted by atomic mass is 32.2. The van der Waals surface area contributed by atoms with Gasteiger partial charge in [0, 0.05) is 31.4 Å². The molecule has 140 valence electrons. The molecular weight excluding hydrogens is 346 g/mol. The summed E-state index contributed by atoms with van der Waals surface area (Å²) in [6, 6.07) is 13.1. The first kappa shape index (κ1) is 18.9. The first-order valence-electron chi connectivity index (χ1n) is 9.34. The van der Waals surface area contributed by atoms with Gasteiger partial charge in [-0.3, -0.25) is 0 Å². The summed E-state index contributed by atoms with van der Waals surface area (Å²) in [5.74, 6) is 0.907. The predicted molar refractivity (Wildman–Crippen MR) is 105 cm³/mol. The van der Waals surface area contributed by atoms with E-state index < -0.39 is 10.0 Å². The number of pyridine rings is 1. The van der Waals surface area contributed by atoms with Gasteiger partial charge in [0.05, 0.1) is 5.75 Å². The molecule has 0 aliphatic carbocycles. The molecule has 2 heterocycles. The molecule has 2 aromatic rings. The number of rotatable bonds is 6. The van der Waals surface area contributed by atoms with Gasteiger partial charge in [-0.2, -0.15) is 0 Å². The average Bonchev–Trinajstić information content (AvgIpc) is 2.61. The molecule has 1 aromatic carbocycles. The molecular formula is C20H27N3O2S. The molecule has 0 unspecified atom stereocenters. The highest BCUT2D eigenvalue weighted by Crippen LogP contribution is 2.21. The number of hydrogen-bond acceptors (Lipinski definition) is 4. The Morgan fingerprint density at radius 2 is 1.62 bits per heavy atom. The van der Waals surface area contributed by atoms with E-state index in [1.807, 2.05) is 42.5 Å². The summed E-state index contributed by atoms with van der Waals surface area (Å²) in [6.07, 6.45) is 7.93. The molecule has 0 spiro atoms. The summed E-state index contributed by atoms with van der Waals surface area (Å²) in [4.78, 5) is 6.86. The fourth-order valence-corrected chi connectivity index (χ4v) is 4.45. The van der Waals surface area contributed by atoms with Crippen LogP contribution in [0.5, 0.6) is 0 Å². The van der Waals surface area contributed by atoms with Crippen LogP contribution in [0.3, 0.4) is 0 Å². The first-order valence-corrected chi connectivity index (χ1v) is 11.0. The lowest BCUT2D eigenvalue weighted by Crippen LogP contribution is -2.31. The van der Waals surface area contributed by atoms with E-state index in [-0.39, 0.29) is 12.3 Å². The van der Waals surface area contributed by atoms with E-state index in [0.29, 0.717) is 0 Å². The maximum Gasteiger partial charge on any atom is 0.216 e. The zero-order chi connectivity index (χ0) is 18.2. The van der Waals surface area contributed by atoms with Crippen molar-refractivity contribution < 1.29 is 8.42 Å². The second-order valence-electron chi connectivity index (χ2n) is 6.81. The van der Waals surface area contributed by atoms with Crippen LogP contribution in [0.25, 0.3) is 0 Å². The third-order valence-electron chi connectivity index (χ3n) is 4.71. The second-order valence-corrected chi connectivity index (χ2v) is 8.61. The molecule has 0 saturated carbocycles. The van der Waals surface area contributed by atoms with Gasteiger partial charge in [-0.25, -0.2) is 18.1 Å². The Balaban J connectivity index is 1.68. The van der Waals surface area contributed by atoms with Crippen molar-refractivity contribution in [2.24, 2.45) is 0 Å². The molecule has 0 atom stereocenters. The Labute approximate surface area is 156 Å². The molecule has 6 heteroatoms. The minimum absolute atomic E-state index is 0.00680. The number of aromatic nitrogens is 1. The monoisotopic (exact) mass is 373 g/mol. The molecule has 1 saturated heterocycles. The second kappa shape index (κ2) is 9.14. The molecule has 1 fully saturated rings. The van der Waals surface area contributed by atoms with Gasteiger partial charge in [0.25, 0.3) is 0 Å². The Hall–Kier alpha value is -1.92. The predicted octanol–water partition coefficient (Wildman–Crippen LogP) is 3.47. The summed E-state index contributed by atoms with van der Waals surface area (Å²) in [7, 11) is -3.39. The van der Waals surface area contributed by atoms with Gasteiger partial charge in [-0.1, -0.05) is 55.7 Å². The first-order chi connectivity index (χ1) is 12.6. The minimum atomic E-state index is -3.39. The van der Waals surface area contributed by atoms with Gasteiger partial charge in [-0.15, -0.1) is 0 Å². The third kappa shape index (κ3) is 5.54. The van der Waals surface area contributed by atoms with Crippen molar-refractivity contribution in [2.75, 3.05) is 18.0 Å². The van der Waals surface area contributed by atoms with Crippen LogP contribution in [-0.4, -0.2) is 26.5 Å². The van der Waals surface area contributed by atoms with Crippen molar-refractivity contribution in [2.45, 2.75) is 44.4 Å². The molecule has 3 rings (SSSR count). The van der Waals surface area contributed by atoms with Crippen molar-refractivity contribution in [1.29, 1.82) is 0 Å². The van der Waals surface area contributed by atoms with Gasteiger partial charge in [-0.05, 0) is 24.5 Å². The van der Waals surface area contributed by atoms with E-state index >= 15 is 0 Å². The Morgan fingerprint density at radius 1 is 0.923 bits per heavy atom. The van der Waals surface area contributed by atoms with Crippen LogP contribution >= 0.6 is 0 Å². The molecule has 0 bridgehead atoms. The Kier molecular flexibility index (Phi) is 6.63. The van der Waals surface area contributed by atoms with Gasteiger partial charge < -0.3 is 4.90 Å². The van der Waals surface area contributed by atoms with Crippen LogP contribution in [0, 0.1) is 0 Å². The van der Waals surface area contributed by atoms with Crippen molar-refractivity contribution in [3.8, 4) is 0 Å². The SMILES string of the molecule is O=S(=O)(Cc1ccccc1)NCc1cccnc1N1CCCCCCC1. The topological polar surface area (TPSA) is 62.3 Å². The summed E-state index contributed by atoms with van der Waals surface area (Å²) < 4.78 is 27.6. The fraction of sp³-hybridized carbons (Fsp3) is 0.450. The van der Waals surface area contributed by atoms with Crippen LogP contribution in [-0.2, 0) is 22.3 Å². The maximum absolute atomic E-state index is 12.4. The van der Waals surface area contributed by atoms with Crippen LogP contribution in [0.15, 0.2) is 48.7 Å². The molecule has 1 aromatic heterocycles. The molecule has 5 nitrogen and oxygen atoms in total. The van der Waals surface area contributed by atoms with Crippen molar-refractivity contribution in [1.82, 2.24) is 9.71 Å². The summed E-state index contributed by atoms with van der Waals surface area (Å²) >= 11 is 0. The highest BCUT2D eigenvalue weighted by molar-refractivity contribution is 7.88. The lowest BCUT2D eigenvalue weighted by atomic mass is 10.1. The van der Waals surface area contributed by atoms with E-state index in [2.05, 4.69) is 14.6 Å². The zero-order valence-electron chi connectivity index (χ0n) is 15.1. The van der Waals surface area contributed by atoms with Crippen molar-refractivity contribution in [3.63, 3.8) is 0 Å². The van der Waals surface area contributed by atoms with E-state index in [9.17, 15) is 8.42 Å². The van der Waals surface area contributed by atoms with E-state index in [1.54, 1.807) is 6.20 Å². The number of sulfonamides is 1. The third-order valence-corrected chi connectivity index (χ3v) is 6.00. The van der Waals surface area contributed by atoms with Crippen LogP contribution < -0.4 is 9.62 Å². The van der Waals surface area contributed by atoms with Gasteiger partial charge in [0.1, 0.15) is 5.82 Å². The van der Waals surface area contributed by atoms with Gasteiger partial charge in [0.2, 0.25) is 10.0 Å². The molecule has 26 heavy (non-hydrogen) atoms. The minimum Gasteiger partial charge on any atom is -0.356 e. The summed E-state index contributed by atoms with van der Waals surface area (Å²) in [5, 5.41) is 0. The number of nitrogens with one attached hydrogen (secondary N) is 1. The number of hydrogen-bond donors (Lipinski definition) is 1. The molecule has 0 radical (unpaired) electrons. The Bertz CT molecular complexity index is 786. The number of anilines is 1. The maximum atomic E-state index is 12.4. The number of nitrogens with zero attached hydrogens (tertiary/aromatic N) is 2. The highest BCUT2D eigenvalue weighted by Gasteiger charge is 2.16. The molecule has 0 amide bonds. The van der Waals surface area contributed by atoms with Gasteiger partial charge >= 0.3 is 0 Å². The molecule has 1 N–H and O–H groups in total. The van der Waals surface area contributed by atoms with Crippen molar-refractivity contribution in [3.05, 3.63) is 59.8 Å². The van der Waals surface area contributed by atoms with E-state index in [4.69, 9.17) is 0 Å². The summed E-state index contributed by atoms with van der Waals surface area (Å²) in [6.45, 7) is 2.25. The van der Waals surface area contributed by atoms with E-state index in [1.165, 1.54) is 19.3 Å². The van der Waals surface area contributed by atoms with Crippen LogP contribution in [0.1, 0.15) is 43.2 Å². The zero-order valence-corrected chi connectivity index (χ0v) is 15.9. The fourth-order valence-electron chi connectivity index (χ4n) is 3.34. The largest absolute Gasteiger partial charge is 0.356 e. The van der Waals surface area contributed by atoms with Gasteiger partial charge in [0.15, 0.2) is 0 Å². The molecule has 1 aliphatic heterocycles. The normalized spacial score (nSPS) is 16.1. The number of benzene rings is 1. The average molecular weight is 374 g/mol. The van der Waals surface area contributed by atoms with E-state index in [0.717, 1.165) is 42.9 Å². The van der Waals surface area contributed by atoms with Crippen molar-refractivity contribution >= 4 is 15.8 Å². The molecule has 1 aliphatic rings. The lowest BCUT2D eigenvalue weighted by molar-refractivity contribution is 0.552.